The number of H-pyrrole nitrogens is 1. The van der Waals surface area contributed by atoms with Crippen LogP contribution in [0.2, 0.25) is 18.6 Å². The number of para-hydroxylation sites is 1. The number of hydrogen-bond acceptors (Lipinski definition) is 6. The maximum atomic E-state index is 12.7. The van der Waals surface area contributed by atoms with Gasteiger partial charge in [-0.3, -0.25) is 9.48 Å². The maximum absolute atomic E-state index is 12.7. The summed E-state index contributed by atoms with van der Waals surface area (Å²) in [4.78, 5) is 27.0. The van der Waals surface area contributed by atoms with E-state index >= 15 is 0 Å². The third-order valence-corrected chi connectivity index (χ3v) is 10.8. The summed E-state index contributed by atoms with van der Waals surface area (Å²) in [6.07, 6.45) is 7.12. The number of amides is 1. The number of ether oxygens (including phenoxy) is 1. The largest absolute Gasteiger partial charge is 0.432 e. The predicted molar refractivity (Wildman–Crippen MR) is 162 cm³/mol. The highest BCUT2D eigenvalue weighted by molar-refractivity contribution is 6.71. The average Bonchev–Trinajstić information content (AvgIpc) is 3.64. The molecule has 4 aromatic rings. The number of rotatable bonds is 12. The lowest BCUT2D eigenvalue weighted by atomic mass is 9.95. The third-order valence-electron chi connectivity index (χ3n) is 8.30. The van der Waals surface area contributed by atoms with Crippen LogP contribution in [0.4, 0.5) is 5.69 Å². The van der Waals surface area contributed by atoms with Gasteiger partial charge in [0.1, 0.15) is 0 Å². The van der Waals surface area contributed by atoms with E-state index in [1.54, 1.807) is 4.68 Å². The molecule has 1 saturated heterocycles. The summed E-state index contributed by atoms with van der Waals surface area (Å²) in [6, 6.07) is 16.0. The minimum Gasteiger partial charge on any atom is -0.432 e. The summed E-state index contributed by atoms with van der Waals surface area (Å²) < 4.78 is 8.38. The Morgan fingerprint density at radius 3 is 2.63 bits per heavy atom. The van der Waals surface area contributed by atoms with Crippen molar-refractivity contribution in [1.82, 2.24) is 20.0 Å². The monoisotopic (exact) mass is 575 g/mol. The quantitative estimate of drug-likeness (QED) is 0.185. The molecule has 2 aromatic carbocycles. The van der Waals surface area contributed by atoms with E-state index in [1.165, 1.54) is 5.56 Å². The van der Waals surface area contributed by atoms with Crippen LogP contribution in [0.3, 0.4) is 0 Å². The van der Waals surface area contributed by atoms with Crippen molar-refractivity contribution in [3.05, 3.63) is 77.7 Å². The van der Waals surface area contributed by atoms with Crippen LogP contribution in [0.15, 0.2) is 60.9 Å². The summed E-state index contributed by atoms with van der Waals surface area (Å²) >= 11 is 0. The van der Waals surface area contributed by atoms with E-state index in [-0.39, 0.29) is 36.2 Å². The summed E-state index contributed by atoms with van der Waals surface area (Å²) in [7, 11) is -2.45. The van der Waals surface area contributed by atoms with Crippen molar-refractivity contribution in [3.63, 3.8) is 0 Å². The van der Waals surface area contributed by atoms with E-state index in [0.29, 0.717) is 19.4 Å². The number of benzene rings is 2. The number of aryl methyl sites for hydroxylation is 2. The highest BCUT2D eigenvalue weighted by Crippen LogP contribution is 2.45. The van der Waals surface area contributed by atoms with Gasteiger partial charge in [0.25, 0.3) is 0 Å². The van der Waals surface area contributed by atoms with E-state index in [9.17, 15) is 9.59 Å². The molecular weight excluding hydrogens is 534 g/mol. The highest BCUT2D eigenvalue weighted by Gasteiger charge is 2.49. The molecule has 1 fully saturated rings. The first-order valence-corrected chi connectivity index (χ1v) is 17.5. The zero-order chi connectivity index (χ0) is 29.0. The molecule has 0 aliphatic carbocycles. The standard InChI is InChI=1S/C31H41N5O4Si/c1-21-28(40-29(31(21)41(2,3)39)14-16-36-20-25(15-17-37)34-35-36)13-10-22-8-11-24(12-9-22)33-30(38)18-23-19-32-27-7-5-4-6-26(23)27/h4-9,11-12,19-21,28-29,31-32,37,39H,10,13-18H2,1-3H3,(H,33,38)/t21-,28+,29-,31+/m1/s1. The third kappa shape index (κ3) is 7.13. The van der Waals surface area contributed by atoms with Crippen LogP contribution in [0.25, 0.3) is 10.9 Å². The van der Waals surface area contributed by atoms with E-state index < -0.39 is 8.32 Å². The summed E-state index contributed by atoms with van der Waals surface area (Å²) in [6.45, 7) is 6.94. The molecule has 4 N–H and O–H groups in total. The van der Waals surface area contributed by atoms with Gasteiger partial charge in [-0.2, -0.15) is 0 Å². The van der Waals surface area contributed by atoms with Crippen LogP contribution in [0.5, 0.6) is 0 Å². The molecule has 218 valence electrons. The Morgan fingerprint density at radius 2 is 1.88 bits per heavy atom. The fourth-order valence-corrected chi connectivity index (χ4v) is 8.99. The molecule has 0 unspecified atom stereocenters. The first-order chi connectivity index (χ1) is 19.7. The molecule has 1 aliphatic heterocycles. The topological polar surface area (TPSA) is 125 Å². The Hall–Kier alpha value is -3.31. The first kappa shape index (κ1) is 29.2. The van der Waals surface area contributed by atoms with E-state index in [2.05, 4.69) is 39.7 Å². The van der Waals surface area contributed by atoms with Crippen LogP contribution >= 0.6 is 0 Å². The van der Waals surface area contributed by atoms with Crippen molar-refractivity contribution in [2.75, 3.05) is 11.9 Å². The van der Waals surface area contributed by atoms with Crippen LogP contribution in [0.1, 0.15) is 36.6 Å². The zero-order valence-electron chi connectivity index (χ0n) is 24.1. The lowest BCUT2D eigenvalue weighted by molar-refractivity contribution is -0.115. The fraction of sp³-hybridized carbons (Fsp3) is 0.452. The van der Waals surface area contributed by atoms with Crippen molar-refractivity contribution in [2.24, 2.45) is 5.92 Å². The zero-order valence-corrected chi connectivity index (χ0v) is 25.1. The van der Waals surface area contributed by atoms with Crippen LogP contribution in [-0.4, -0.2) is 62.9 Å². The van der Waals surface area contributed by atoms with Crippen molar-refractivity contribution in [3.8, 4) is 0 Å². The minimum atomic E-state index is -2.45. The molecule has 0 spiro atoms. The molecule has 0 radical (unpaired) electrons. The average molecular weight is 576 g/mol. The van der Waals surface area contributed by atoms with Gasteiger partial charge in [-0.15, -0.1) is 5.10 Å². The SMILES string of the molecule is C[C@H]1[C@H]([Si](C)(C)O)[C@@H](CCn2cc(CCO)nn2)O[C@H]1CCc1ccc(NC(=O)Cc2c[nH]c3ccccc23)cc1. The summed E-state index contributed by atoms with van der Waals surface area (Å²) in [5, 5.41) is 21.5. The number of carbonyl (C=O) groups excluding carboxylic acids is 1. The number of nitrogens with zero attached hydrogens (tertiary/aromatic N) is 3. The summed E-state index contributed by atoms with van der Waals surface area (Å²) in [5.41, 5.74) is 4.91. The Morgan fingerprint density at radius 1 is 1.10 bits per heavy atom. The van der Waals surface area contributed by atoms with Gasteiger partial charge in [0.2, 0.25) is 5.91 Å². The van der Waals surface area contributed by atoms with E-state index in [0.717, 1.165) is 47.1 Å². The minimum absolute atomic E-state index is 0.0260. The van der Waals surface area contributed by atoms with Gasteiger partial charge in [0.05, 0.1) is 24.3 Å². The van der Waals surface area contributed by atoms with E-state index in [1.807, 2.05) is 61.9 Å². The smallest absolute Gasteiger partial charge is 0.228 e. The fourth-order valence-electron chi connectivity index (χ4n) is 6.34. The number of hydrogen-bond donors (Lipinski definition) is 4. The Kier molecular flexibility index (Phi) is 9.03. The van der Waals surface area contributed by atoms with Gasteiger partial charge in [-0.25, -0.2) is 0 Å². The molecule has 1 aliphatic rings. The Labute approximate surface area is 242 Å². The number of aromatic nitrogens is 4. The normalized spacial score (nSPS) is 21.0. The van der Waals surface area contributed by atoms with Crippen molar-refractivity contribution in [2.45, 2.75) is 76.4 Å². The Bertz CT molecular complexity index is 1440. The molecule has 41 heavy (non-hydrogen) atoms. The summed E-state index contributed by atoms with van der Waals surface area (Å²) in [5.74, 6) is 0.217. The number of aliphatic hydroxyl groups excluding tert-OH is 1. The van der Waals surface area contributed by atoms with Crippen molar-refractivity contribution >= 4 is 30.8 Å². The van der Waals surface area contributed by atoms with Gasteiger partial charge in [-0.05, 0) is 67.6 Å². The van der Waals surface area contributed by atoms with Crippen LogP contribution < -0.4 is 5.32 Å². The van der Waals surface area contributed by atoms with Crippen molar-refractivity contribution in [1.29, 1.82) is 0 Å². The highest BCUT2D eigenvalue weighted by atomic mass is 28.4. The number of carbonyl (C=O) groups is 1. The molecule has 5 rings (SSSR count). The number of anilines is 1. The number of aromatic amines is 1. The van der Waals surface area contributed by atoms with Crippen LogP contribution in [-0.2, 0) is 35.3 Å². The van der Waals surface area contributed by atoms with Gasteiger partial charge in [0, 0.05) is 54.1 Å². The predicted octanol–water partition coefficient (Wildman–Crippen LogP) is 4.47. The molecule has 0 bridgehead atoms. The first-order valence-electron chi connectivity index (χ1n) is 14.5. The molecule has 2 aromatic heterocycles. The van der Waals surface area contributed by atoms with E-state index in [4.69, 9.17) is 9.84 Å². The maximum Gasteiger partial charge on any atom is 0.228 e. The second-order valence-corrected chi connectivity index (χ2v) is 15.8. The van der Waals surface area contributed by atoms with Gasteiger partial charge < -0.3 is 24.9 Å². The molecular formula is C31H41N5O4Si. The Balaban J connectivity index is 1.14. The molecule has 1 amide bonds. The van der Waals surface area contributed by atoms with Gasteiger partial charge >= 0.3 is 0 Å². The van der Waals surface area contributed by atoms with Crippen molar-refractivity contribution < 1.29 is 19.4 Å². The second-order valence-electron chi connectivity index (χ2n) is 11.8. The number of aliphatic hydroxyl groups is 1. The molecule has 10 heteroatoms. The lowest BCUT2D eigenvalue weighted by Gasteiger charge is -2.30. The molecule has 9 nitrogen and oxygen atoms in total. The van der Waals surface area contributed by atoms with Gasteiger partial charge in [0.15, 0.2) is 8.32 Å². The number of nitrogens with one attached hydrogen (secondary N) is 2. The second kappa shape index (κ2) is 12.7. The number of fused-ring (bicyclic) bond motifs is 1. The van der Waals surface area contributed by atoms with Crippen LogP contribution in [0, 0.1) is 5.92 Å². The van der Waals surface area contributed by atoms with Gasteiger partial charge in [-0.1, -0.05) is 42.5 Å². The molecule has 4 atom stereocenters. The molecule has 0 saturated carbocycles. The lowest BCUT2D eigenvalue weighted by Crippen LogP contribution is -2.40. The molecule has 3 heterocycles.